The molecule has 0 aromatic heterocycles. The summed E-state index contributed by atoms with van der Waals surface area (Å²) in [5.41, 5.74) is 2.01. The maximum Gasteiger partial charge on any atom is 0.150 e. The summed E-state index contributed by atoms with van der Waals surface area (Å²) in [5.74, 6) is 2.14. The Balaban J connectivity index is 1.51. The molecule has 1 saturated heterocycles. The molecule has 0 aliphatic carbocycles. The predicted octanol–water partition coefficient (Wildman–Crippen LogP) is 5.68. The second kappa shape index (κ2) is 15.1. The number of nitrogens with zero attached hydrogens (tertiary/aromatic N) is 1. The van der Waals surface area contributed by atoms with Gasteiger partial charge in [-0.3, -0.25) is 14.5 Å². The van der Waals surface area contributed by atoms with Crippen LogP contribution in [-0.4, -0.2) is 70.6 Å². The fourth-order valence-corrected chi connectivity index (χ4v) is 5.98. The zero-order valence-electron chi connectivity index (χ0n) is 25.2. The van der Waals surface area contributed by atoms with Crippen LogP contribution in [0.3, 0.4) is 0 Å². The van der Waals surface area contributed by atoms with Crippen molar-refractivity contribution in [3.8, 4) is 11.5 Å². The highest BCUT2D eigenvalue weighted by Gasteiger charge is 2.38. The Labute approximate surface area is 249 Å². The highest BCUT2D eigenvalue weighted by Crippen LogP contribution is 2.42. The molecule has 1 heterocycles. The number of methoxy groups -OCH3 is 3. The number of Topliss-reactive ketones (excluding diaryl/α,β-unsaturated/α-hetero) is 2. The molecule has 0 amide bonds. The van der Waals surface area contributed by atoms with Crippen LogP contribution in [0.2, 0.25) is 0 Å². The van der Waals surface area contributed by atoms with Crippen LogP contribution in [-0.2, 0) is 24.7 Å². The first-order valence-electron chi connectivity index (χ1n) is 14.6. The lowest BCUT2D eigenvalue weighted by Crippen LogP contribution is -2.34. The van der Waals surface area contributed by atoms with E-state index in [4.69, 9.17) is 18.9 Å². The van der Waals surface area contributed by atoms with Crippen LogP contribution in [0.15, 0.2) is 78.9 Å². The Morgan fingerprint density at radius 2 is 1.36 bits per heavy atom. The second-order valence-corrected chi connectivity index (χ2v) is 11.0. The standard InChI is InChI=1S/C35H43NO6/c1-36-25-26(23-30(37)20-22-39-2)24-33(36)34(38)11-8-21-42-35(27-9-6-5-7-10-27,28-12-16-31(40-3)17-13-28)29-14-18-32(41-4)19-15-29/h5-7,9-10,12-19,26,33H,8,11,20-25H2,1-4H3/t26-,33?/m1/s1. The molecule has 0 N–H and O–H groups in total. The molecule has 0 saturated carbocycles. The molecule has 1 unspecified atom stereocenters. The van der Waals surface area contributed by atoms with Gasteiger partial charge in [0.25, 0.3) is 0 Å². The smallest absolute Gasteiger partial charge is 0.150 e. The van der Waals surface area contributed by atoms with E-state index >= 15 is 0 Å². The molecule has 7 heteroatoms. The van der Waals surface area contributed by atoms with Crippen molar-refractivity contribution in [1.82, 2.24) is 4.90 Å². The molecule has 4 rings (SSSR count). The molecule has 1 aliphatic rings. The van der Waals surface area contributed by atoms with Crippen molar-refractivity contribution in [1.29, 1.82) is 0 Å². The molecule has 3 aromatic rings. The largest absolute Gasteiger partial charge is 0.497 e. The van der Waals surface area contributed by atoms with Crippen molar-refractivity contribution < 1.29 is 28.5 Å². The van der Waals surface area contributed by atoms with Gasteiger partial charge in [-0.1, -0.05) is 54.6 Å². The lowest BCUT2D eigenvalue weighted by Gasteiger charge is -2.36. The minimum atomic E-state index is -0.902. The molecule has 42 heavy (non-hydrogen) atoms. The van der Waals surface area contributed by atoms with Gasteiger partial charge in [-0.05, 0) is 66.8 Å². The summed E-state index contributed by atoms with van der Waals surface area (Å²) < 4.78 is 22.8. The normalized spacial score (nSPS) is 17.2. The van der Waals surface area contributed by atoms with Crippen LogP contribution in [0.1, 0.15) is 48.8 Å². The molecule has 0 bridgehead atoms. The zero-order chi connectivity index (χ0) is 30.0. The van der Waals surface area contributed by atoms with Crippen LogP contribution >= 0.6 is 0 Å². The van der Waals surface area contributed by atoms with E-state index < -0.39 is 5.60 Å². The van der Waals surface area contributed by atoms with E-state index in [1.54, 1.807) is 21.3 Å². The van der Waals surface area contributed by atoms with Gasteiger partial charge in [0.15, 0.2) is 0 Å². The topological polar surface area (TPSA) is 74.3 Å². The van der Waals surface area contributed by atoms with Crippen LogP contribution in [0, 0.1) is 5.92 Å². The number of hydrogen-bond acceptors (Lipinski definition) is 7. The van der Waals surface area contributed by atoms with Gasteiger partial charge < -0.3 is 18.9 Å². The lowest BCUT2D eigenvalue weighted by molar-refractivity contribution is -0.124. The van der Waals surface area contributed by atoms with E-state index in [1.807, 2.05) is 73.8 Å². The SMILES string of the molecule is COCCC(=O)C[C@@H]1CC(C(=O)CCCOC(c2ccccc2)(c2ccc(OC)cc2)c2ccc(OC)cc2)N(C)C1. The van der Waals surface area contributed by atoms with E-state index in [2.05, 4.69) is 17.0 Å². The third-order valence-electron chi connectivity index (χ3n) is 8.17. The Bertz CT molecular complexity index is 1230. The van der Waals surface area contributed by atoms with Crippen molar-refractivity contribution >= 4 is 11.6 Å². The van der Waals surface area contributed by atoms with E-state index in [9.17, 15) is 9.59 Å². The van der Waals surface area contributed by atoms with Crippen molar-refractivity contribution in [2.45, 2.75) is 43.7 Å². The van der Waals surface area contributed by atoms with E-state index in [-0.39, 0.29) is 23.5 Å². The predicted molar refractivity (Wildman–Crippen MR) is 163 cm³/mol. The van der Waals surface area contributed by atoms with Crippen LogP contribution in [0.5, 0.6) is 11.5 Å². The highest BCUT2D eigenvalue weighted by atomic mass is 16.5. The van der Waals surface area contributed by atoms with Gasteiger partial charge in [0, 0.05) is 39.5 Å². The molecule has 3 aromatic carbocycles. The number of carbonyl (C=O) groups excluding carboxylic acids is 2. The fraction of sp³-hybridized carbons (Fsp3) is 0.429. The van der Waals surface area contributed by atoms with Crippen LogP contribution in [0.4, 0.5) is 0 Å². The van der Waals surface area contributed by atoms with E-state index in [0.29, 0.717) is 38.9 Å². The van der Waals surface area contributed by atoms with Crippen molar-refractivity contribution in [2.24, 2.45) is 5.92 Å². The Morgan fingerprint density at radius 1 is 0.786 bits per heavy atom. The first kappa shape index (κ1) is 31.4. The molecule has 0 spiro atoms. The van der Waals surface area contributed by atoms with Gasteiger partial charge >= 0.3 is 0 Å². The van der Waals surface area contributed by atoms with Crippen molar-refractivity contribution in [3.05, 3.63) is 95.6 Å². The number of hydrogen-bond donors (Lipinski definition) is 0. The lowest BCUT2D eigenvalue weighted by atomic mass is 9.80. The summed E-state index contributed by atoms with van der Waals surface area (Å²) in [7, 11) is 6.89. The second-order valence-electron chi connectivity index (χ2n) is 11.0. The fourth-order valence-electron chi connectivity index (χ4n) is 5.98. The van der Waals surface area contributed by atoms with Gasteiger partial charge in [0.1, 0.15) is 28.7 Å². The maximum atomic E-state index is 13.3. The van der Waals surface area contributed by atoms with E-state index in [0.717, 1.165) is 41.2 Å². The summed E-state index contributed by atoms with van der Waals surface area (Å²) >= 11 is 0. The van der Waals surface area contributed by atoms with Gasteiger partial charge in [0.05, 0.1) is 26.9 Å². The molecular formula is C35H43NO6. The molecule has 224 valence electrons. The monoisotopic (exact) mass is 573 g/mol. The molecule has 7 nitrogen and oxygen atoms in total. The number of likely N-dealkylation sites (N-methyl/N-ethyl adjacent to an activating group) is 1. The van der Waals surface area contributed by atoms with Crippen molar-refractivity contribution in [2.75, 3.05) is 48.1 Å². The third kappa shape index (κ3) is 7.46. The summed E-state index contributed by atoms with van der Waals surface area (Å²) in [4.78, 5) is 27.7. The summed E-state index contributed by atoms with van der Waals surface area (Å²) in [6.45, 7) is 1.59. The first-order valence-corrected chi connectivity index (χ1v) is 14.6. The first-order chi connectivity index (χ1) is 20.4. The third-order valence-corrected chi connectivity index (χ3v) is 8.17. The number of benzene rings is 3. The minimum Gasteiger partial charge on any atom is -0.497 e. The highest BCUT2D eigenvalue weighted by molar-refractivity contribution is 5.84. The molecule has 1 aliphatic heterocycles. The Kier molecular flexibility index (Phi) is 11.3. The quantitative estimate of drug-likeness (QED) is 0.161. The summed E-state index contributed by atoms with van der Waals surface area (Å²) in [6.07, 6.45) is 2.65. The number of ether oxygens (including phenoxy) is 4. The van der Waals surface area contributed by atoms with Gasteiger partial charge in [-0.2, -0.15) is 0 Å². The van der Waals surface area contributed by atoms with Gasteiger partial charge in [-0.15, -0.1) is 0 Å². The van der Waals surface area contributed by atoms with Crippen molar-refractivity contribution in [3.63, 3.8) is 0 Å². The molecule has 1 fully saturated rings. The number of rotatable bonds is 16. The Morgan fingerprint density at radius 3 is 1.90 bits per heavy atom. The molecule has 0 radical (unpaired) electrons. The van der Waals surface area contributed by atoms with Crippen LogP contribution in [0.25, 0.3) is 0 Å². The van der Waals surface area contributed by atoms with E-state index in [1.165, 1.54) is 0 Å². The average molecular weight is 574 g/mol. The Hall–Kier alpha value is -3.52. The number of likely N-dealkylation sites (tertiary alicyclic amines) is 1. The number of ketones is 2. The van der Waals surface area contributed by atoms with Crippen LogP contribution < -0.4 is 9.47 Å². The summed E-state index contributed by atoms with van der Waals surface area (Å²) in [6, 6.07) is 25.9. The zero-order valence-corrected chi connectivity index (χ0v) is 25.2. The minimum absolute atomic E-state index is 0.160. The molecular weight excluding hydrogens is 530 g/mol. The average Bonchev–Trinajstić information content (AvgIpc) is 3.40. The summed E-state index contributed by atoms with van der Waals surface area (Å²) in [5, 5.41) is 0. The molecule has 2 atom stereocenters. The van der Waals surface area contributed by atoms with Gasteiger partial charge in [0.2, 0.25) is 0 Å². The van der Waals surface area contributed by atoms with Gasteiger partial charge in [-0.25, -0.2) is 0 Å². The maximum absolute atomic E-state index is 13.3. The number of carbonyl (C=O) groups is 2.